The third-order valence-corrected chi connectivity index (χ3v) is 13.1. The molecular formula is C27H27F2IN7O2S-. The van der Waals surface area contributed by atoms with Gasteiger partial charge in [0.25, 0.3) is 0 Å². The van der Waals surface area contributed by atoms with E-state index in [1.54, 1.807) is 13.1 Å². The van der Waals surface area contributed by atoms with Crippen molar-refractivity contribution >= 4 is 9.84 Å². The minimum absolute atomic E-state index is 0.0228. The Kier molecular flexibility index (Phi) is 6.71. The maximum absolute atomic E-state index is 14.6. The van der Waals surface area contributed by atoms with Gasteiger partial charge < -0.3 is 0 Å². The summed E-state index contributed by atoms with van der Waals surface area (Å²) < 4.78 is 56.4. The molecule has 2 aliphatic rings. The fraction of sp³-hybridized carbons (Fsp3) is 0.407. The van der Waals surface area contributed by atoms with Crippen LogP contribution in [0.3, 0.4) is 0 Å². The van der Waals surface area contributed by atoms with Gasteiger partial charge >= 0.3 is 235 Å². The summed E-state index contributed by atoms with van der Waals surface area (Å²) >= 11 is -0.212. The first-order chi connectivity index (χ1) is 19.1. The molecule has 0 unspecified atom stereocenters. The molecule has 1 aromatic carbocycles. The SMILES string of the molecule is CCS(=O)(=O)CCc1ncn(-c2nccc([C@@]34C[I-]C[C@@H](c5cc(-c6c(F)cccc6F)nnc53)C4(C)C)n2)n1. The summed E-state index contributed by atoms with van der Waals surface area (Å²) in [5, 5.41) is 13.4. The second-order valence-corrected chi connectivity index (χ2v) is 15.8. The number of halogens is 3. The quantitative estimate of drug-likeness (QED) is 0.202. The molecule has 0 radical (unpaired) electrons. The standard InChI is InChI=1S/C27H27F2IN7O2S/c1-4-40(38,39)11-9-22-32-15-37(36-22)25-31-10-8-21(33-25)27-14-30-13-17(26(27,2)3)16-12-20(34-35-24(16)27)23-18(28)6-5-7-19(23)29/h5-8,10,12,15,17H,4,9,11,13-14H2,1-3H3/q-1/t17-,27-/m0/s1. The van der Waals surface area contributed by atoms with Gasteiger partial charge in [-0.25, -0.2) is 0 Å². The van der Waals surface area contributed by atoms with Gasteiger partial charge in [0, 0.05) is 0 Å². The fourth-order valence-corrected chi connectivity index (χ4v) is 11.6. The van der Waals surface area contributed by atoms with E-state index >= 15 is 0 Å². The Hall–Kier alpha value is -2.94. The Bertz CT molecular complexity index is 1710. The van der Waals surface area contributed by atoms with Crippen LogP contribution in [0.5, 0.6) is 0 Å². The summed E-state index contributed by atoms with van der Waals surface area (Å²) in [7, 11) is -3.14. The van der Waals surface area contributed by atoms with E-state index in [9.17, 15) is 17.2 Å². The maximum atomic E-state index is 14.6. The molecule has 0 N–H and O–H groups in total. The molecule has 13 heteroatoms. The summed E-state index contributed by atoms with van der Waals surface area (Å²) in [5.74, 6) is -0.422. The topological polar surface area (TPSA) is 116 Å². The Labute approximate surface area is 241 Å². The first-order valence-corrected chi connectivity index (χ1v) is 17.8. The van der Waals surface area contributed by atoms with E-state index in [-0.39, 0.29) is 61.7 Å². The van der Waals surface area contributed by atoms with Gasteiger partial charge in [-0.3, -0.25) is 0 Å². The Balaban J connectivity index is 1.41. The molecule has 3 aromatic heterocycles. The third-order valence-electron chi connectivity index (χ3n) is 8.25. The van der Waals surface area contributed by atoms with Crippen LogP contribution in [0.2, 0.25) is 0 Å². The number of aryl methyl sites for hydroxylation is 1. The molecule has 1 aliphatic carbocycles. The normalized spacial score (nSPS) is 21.6. The van der Waals surface area contributed by atoms with Crippen molar-refractivity contribution in [2.24, 2.45) is 5.41 Å². The third kappa shape index (κ3) is 4.23. The molecular weight excluding hydrogens is 651 g/mol. The number of benzene rings is 1. The van der Waals surface area contributed by atoms with Crippen molar-refractivity contribution in [1.29, 1.82) is 0 Å². The second kappa shape index (κ2) is 9.86. The number of hydrogen-bond acceptors (Lipinski definition) is 8. The number of alkyl halides is 2. The molecule has 210 valence electrons. The van der Waals surface area contributed by atoms with E-state index in [1.165, 1.54) is 29.2 Å². The van der Waals surface area contributed by atoms with Crippen LogP contribution in [0.1, 0.15) is 49.5 Å². The van der Waals surface area contributed by atoms with Gasteiger partial charge in [0.1, 0.15) is 0 Å². The van der Waals surface area contributed by atoms with Crippen molar-refractivity contribution in [2.75, 3.05) is 20.4 Å². The van der Waals surface area contributed by atoms with Crippen LogP contribution < -0.4 is 21.2 Å². The van der Waals surface area contributed by atoms with Crippen LogP contribution in [0.25, 0.3) is 17.2 Å². The first kappa shape index (κ1) is 27.2. The van der Waals surface area contributed by atoms with Gasteiger partial charge in [0.05, 0.1) is 0 Å². The molecule has 2 bridgehead atoms. The van der Waals surface area contributed by atoms with Crippen LogP contribution in [-0.4, -0.2) is 63.7 Å². The zero-order chi connectivity index (χ0) is 28.3. The molecule has 0 spiro atoms. The van der Waals surface area contributed by atoms with Crippen molar-refractivity contribution in [3.63, 3.8) is 0 Å². The Morgan fingerprint density at radius 2 is 1.90 bits per heavy atom. The van der Waals surface area contributed by atoms with E-state index < -0.39 is 26.9 Å². The van der Waals surface area contributed by atoms with Crippen LogP contribution >= 0.6 is 0 Å². The number of hydrogen-bond donors (Lipinski definition) is 0. The number of nitrogens with zero attached hydrogens (tertiary/aromatic N) is 7. The van der Waals surface area contributed by atoms with E-state index in [0.29, 0.717) is 11.8 Å². The Morgan fingerprint density at radius 3 is 2.65 bits per heavy atom. The Morgan fingerprint density at radius 1 is 1.12 bits per heavy atom. The molecule has 2 atom stereocenters. The predicted molar refractivity (Wildman–Crippen MR) is 139 cm³/mol. The zero-order valence-electron chi connectivity index (χ0n) is 22.1. The van der Waals surface area contributed by atoms with Crippen molar-refractivity contribution in [3.8, 4) is 17.2 Å². The molecule has 0 amide bonds. The van der Waals surface area contributed by atoms with Gasteiger partial charge in [-0.1, -0.05) is 6.92 Å². The van der Waals surface area contributed by atoms with Gasteiger partial charge in [-0.15, -0.1) is 0 Å². The molecule has 1 aliphatic heterocycles. The van der Waals surface area contributed by atoms with E-state index in [2.05, 4.69) is 39.1 Å². The van der Waals surface area contributed by atoms with Crippen LogP contribution in [0, 0.1) is 17.0 Å². The summed E-state index contributed by atoms with van der Waals surface area (Å²) in [5.41, 5.74) is 1.74. The van der Waals surface area contributed by atoms with Crippen molar-refractivity contribution in [2.45, 2.75) is 38.5 Å². The zero-order valence-corrected chi connectivity index (χ0v) is 25.1. The van der Waals surface area contributed by atoms with E-state index in [4.69, 9.17) is 4.98 Å². The van der Waals surface area contributed by atoms with Gasteiger partial charge in [0.15, 0.2) is 0 Å². The number of sulfone groups is 1. The van der Waals surface area contributed by atoms with Gasteiger partial charge in [-0.05, 0) is 0 Å². The summed E-state index contributed by atoms with van der Waals surface area (Å²) in [6.07, 6.45) is 3.38. The van der Waals surface area contributed by atoms with Crippen molar-refractivity contribution in [1.82, 2.24) is 34.9 Å². The van der Waals surface area contributed by atoms with Crippen molar-refractivity contribution < 1.29 is 38.4 Å². The summed E-state index contributed by atoms with van der Waals surface area (Å²) in [6.45, 7) is 6.02. The average molecular weight is 679 g/mol. The number of fused-ring (bicyclic) bond motifs is 5. The number of aromatic nitrogens is 7. The fourth-order valence-electron chi connectivity index (χ4n) is 5.79. The van der Waals surface area contributed by atoms with Gasteiger partial charge in [-0.2, -0.15) is 0 Å². The van der Waals surface area contributed by atoms with Gasteiger partial charge in [0.2, 0.25) is 0 Å². The predicted octanol–water partition coefficient (Wildman–Crippen LogP) is 0.282. The molecule has 9 nitrogen and oxygen atoms in total. The monoisotopic (exact) mass is 678 g/mol. The number of rotatable bonds is 7. The van der Waals surface area contributed by atoms with E-state index in [1.807, 2.05) is 12.1 Å². The molecule has 1 saturated heterocycles. The first-order valence-electron chi connectivity index (χ1n) is 12.9. The molecule has 40 heavy (non-hydrogen) atoms. The molecule has 0 saturated carbocycles. The second-order valence-electron chi connectivity index (χ2n) is 10.6. The van der Waals surface area contributed by atoms with Crippen molar-refractivity contribution in [3.05, 3.63) is 77.3 Å². The van der Waals surface area contributed by atoms with Crippen LogP contribution in [-0.2, 0) is 21.7 Å². The minimum atomic E-state index is -3.14. The summed E-state index contributed by atoms with van der Waals surface area (Å²) in [4.78, 5) is 13.6. The van der Waals surface area contributed by atoms with Crippen LogP contribution in [0.15, 0.2) is 42.9 Å². The average Bonchev–Trinajstić information content (AvgIpc) is 3.41. The van der Waals surface area contributed by atoms with Crippen LogP contribution in [0.4, 0.5) is 8.78 Å². The van der Waals surface area contributed by atoms with E-state index in [0.717, 1.165) is 25.8 Å². The molecule has 1 fully saturated rings. The molecule has 6 rings (SSSR count). The molecule has 4 heterocycles. The summed E-state index contributed by atoms with van der Waals surface area (Å²) in [6, 6.07) is 7.49. The molecule has 4 aromatic rings.